The first-order valence-electron chi connectivity index (χ1n) is 9.56. The van der Waals surface area contributed by atoms with E-state index in [1.165, 1.54) is 0 Å². The average molecular weight is 425 g/mol. The highest BCUT2D eigenvalue weighted by Crippen LogP contribution is 2.29. The van der Waals surface area contributed by atoms with Gasteiger partial charge < -0.3 is 0 Å². The number of carbonyl (C=O) groups excluding carboxylic acids is 1. The lowest BCUT2D eigenvalue weighted by Gasteiger charge is -2.10. The largest absolute Gasteiger partial charge is 0.272 e. The van der Waals surface area contributed by atoms with Crippen LogP contribution in [0.5, 0.6) is 0 Å². The number of para-hydroxylation sites is 1. The number of nitriles is 1. The van der Waals surface area contributed by atoms with Gasteiger partial charge in [-0.15, -0.1) is 0 Å². The molecule has 31 heavy (non-hydrogen) atoms. The lowest BCUT2D eigenvalue weighted by molar-refractivity contribution is 0.0956. The lowest BCUT2D eigenvalue weighted by Crippen LogP contribution is -2.20. The number of carbonyl (C=O) groups is 1. The Balaban J connectivity index is 1.70. The number of nitrogens with zero attached hydrogens (tertiary/aromatic N) is 3. The smallest absolute Gasteiger partial charge is 0.267 e. The molecule has 4 aromatic rings. The van der Waals surface area contributed by atoms with Crippen molar-refractivity contribution >= 4 is 34.1 Å². The number of amides is 1. The van der Waals surface area contributed by atoms with Crippen molar-refractivity contribution in [3.8, 4) is 17.3 Å². The average Bonchev–Trinajstić information content (AvgIpc) is 2.82. The van der Waals surface area contributed by atoms with Crippen LogP contribution in [0.25, 0.3) is 22.2 Å². The Hall–Kier alpha value is -4.01. The third kappa shape index (κ3) is 4.30. The van der Waals surface area contributed by atoms with E-state index in [0.717, 1.165) is 16.5 Å². The molecule has 0 aliphatic heterocycles. The van der Waals surface area contributed by atoms with Crippen molar-refractivity contribution in [2.75, 3.05) is 0 Å². The van der Waals surface area contributed by atoms with Crippen LogP contribution in [-0.2, 0) is 0 Å². The van der Waals surface area contributed by atoms with Gasteiger partial charge in [-0.05, 0) is 42.8 Å². The summed E-state index contributed by atoms with van der Waals surface area (Å²) in [6.45, 7) is 1.79. The van der Waals surface area contributed by atoms with Crippen LogP contribution in [0.15, 0.2) is 84.0 Å². The van der Waals surface area contributed by atoms with Gasteiger partial charge >= 0.3 is 0 Å². The van der Waals surface area contributed by atoms with Crippen molar-refractivity contribution in [3.63, 3.8) is 0 Å². The summed E-state index contributed by atoms with van der Waals surface area (Å²) in [6, 6.07) is 25.6. The highest BCUT2D eigenvalue weighted by molar-refractivity contribution is 6.33. The van der Waals surface area contributed by atoms with Gasteiger partial charge in [-0.1, -0.05) is 60.1 Å². The van der Waals surface area contributed by atoms with Crippen molar-refractivity contribution < 1.29 is 4.79 Å². The van der Waals surface area contributed by atoms with Gasteiger partial charge in [0.1, 0.15) is 0 Å². The van der Waals surface area contributed by atoms with Gasteiger partial charge in [-0.2, -0.15) is 10.4 Å². The maximum atomic E-state index is 13.0. The number of hydrogen-bond acceptors (Lipinski definition) is 4. The van der Waals surface area contributed by atoms with Crippen molar-refractivity contribution in [1.82, 2.24) is 10.4 Å². The van der Waals surface area contributed by atoms with E-state index >= 15 is 0 Å². The Bertz CT molecular complexity index is 1350. The van der Waals surface area contributed by atoms with E-state index in [0.29, 0.717) is 33.1 Å². The molecule has 5 nitrogen and oxygen atoms in total. The van der Waals surface area contributed by atoms with Crippen molar-refractivity contribution in [2.45, 2.75) is 6.92 Å². The first kappa shape index (κ1) is 20.3. The number of halogens is 1. The molecule has 4 rings (SSSR count). The lowest BCUT2D eigenvalue weighted by atomic mass is 10.0. The monoisotopic (exact) mass is 424 g/mol. The Morgan fingerprint density at radius 2 is 1.74 bits per heavy atom. The molecule has 0 spiro atoms. The van der Waals surface area contributed by atoms with Gasteiger partial charge in [0.2, 0.25) is 0 Å². The summed E-state index contributed by atoms with van der Waals surface area (Å²) in [4.78, 5) is 17.7. The number of aromatic nitrogens is 1. The summed E-state index contributed by atoms with van der Waals surface area (Å²) in [5, 5.41) is 14.5. The van der Waals surface area contributed by atoms with Gasteiger partial charge in [-0.25, -0.2) is 10.4 Å². The van der Waals surface area contributed by atoms with E-state index in [2.05, 4.69) is 21.6 Å². The van der Waals surface area contributed by atoms with Gasteiger partial charge in [0.15, 0.2) is 0 Å². The molecule has 0 unspecified atom stereocenters. The van der Waals surface area contributed by atoms with Crippen LogP contribution in [0.2, 0.25) is 5.02 Å². The van der Waals surface area contributed by atoms with Crippen LogP contribution >= 0.6 is 11.6 Å². The standard InChI is InChI=1S/C25H17ClN4O/c1-16(18-12-10-17(15-27)11-13-18)29-30-25(31)21-14-24(20-7-2-4-8-22(20)26)28-23-9-5-3-6-19(21)23/h2-14H,1H3,(H,30,31)/b29-16+. The van der Waals surface area contributed by atoms with Gasteiger partial charge in [-0.3, -0.25) is 4.79 Å². The molecule has 0 radical (unpaired) electrons. The molecule has 3 aromatic carbocycles. The minimum Gasteiger partial charge on any atom is -0.267 e. The molecule has 0 fully saturated rings. The number of hydrazone groups is 1. The predicted molar refractivity (Wildman–Crippen MR) is 123 cm³/mol. The van der Waals surface area contributed by atoms with E-state index in [4.69, 9.17) is 16.9 Å². The highest BCUT2D eigenvalue weighted by Gasteiger charge is 2.15. The van der Waals surface area contributed by atoms with Crippen LogP contribution in [0.1, 0.15) is 28.4 Å². The van der Waals surface area contributed by atoms with E-state index in [1.54, 1.807) is 43.3 Å². The molecule has 1 amide bonds. The van der Waals surface area contributed by atoms with E-state index in [9.17, 15) is 4.79 Å². The fraction of sp³-hybridized carbons (Fsp3) is 0.0400. The molecule has 1 N–H and O–H groups in total. The quantitative estimate of drug-likeness (QED) is 0.343. The number of fused-ring (bicyclic) bond motifs is 1. The molecular formula is C25H17ClN4O. The number of benzene rings is 3. The maximum absolute atomic E-state index is 13.0. The fourth-order valence-electron chi connectivity index (χ4n) is 3.22. The molecule has 0 bridgehead atoms. The van der Waals surface area contributed by atoms with Crippen LogP contribution in [0, 0.1) is 11.3 Å². The Morgan fingerprint density at radius 1 is 1.03 bits per heavy atom. The molecule has 1 heterocycles. The summed E-state index contributed by atoms with van der Waals surface area (Å²) in [6.07, 6.45) is 0. The second kappa shape index (κ2) is 8.78. The molecule has 0 saturated carbocycles. The summed E-state index contributed by atoms with van der Waals surface area (Å²) < 4.78 is 0. The molecule has 0 aliphatic rings. The van der Waals surface area contributed by atoms with Gasteiger partial charge in [0, 0.05) is 16.0 Å². The SMILES string of the molecule is C/C(=N\NC(=O)c1cc(-c2ccccc2Cl)nc2ccccc12)c1ccc(C#N)cc1. The number of nitrogens with one attached hydrogen (secondary N) is 1. The van der Waals surface area contributed by atoms with Crippen molar-refractivity contribution in [3.05, 3.63) is 101 Å². The summed E-state index contributed by atoms with van der Waals surface area (Å²) >= 11 is 6.35. The number of pyridine rings is 1. The third-order valence-corrected chi connectivity index (χ3v) is 5.20. The zero-order valence-electron chi connectivity index (χ0n) is 16.6. The number of rotatable bonds is 4. The fourth-order valence-corrected chi connectivity index (χ4v) is 3.45. The Labute approximate surface area is 184 Å². The second-order valence-corrected chi connectivity index (χ2v) is 7.29. The van der Waals surface area contributed by atoms with E-state index in [1.807, 2.05) is 42.5 Å². The highest BCUT2D eigenvalue weighted by atomic mass is 35.5. The van der Waals surface area contributed by atoms with E-state index < -0.39 is 0 Å². The van der Waals surface area contributed by atoms with Crippen LogP contribution in [-0.4, -0.2) is 16.6 Å². The van der Waals surface area contributed by atoms with Crippen molar-refractivity contribution in [1.29, 1.82) is 5.26 Å². The van der Waals surface area contributed by atoms with Crippen molar-refractivity contribution in [2.24, 2.45) is 5.10 Å². The number of hydrogen-bond donors (Lipinski definition) is 1. The Kier molecular flexibility index (Phi) is 5.74. The van der Waals surface area contributed by atoms with Crippen LogP contribution in [0.3, 0.4) is 0 Å². The minimum atomic E-state index is -0.347. The molecule has 0 aliphatic carbocycles. The molecule has 150 valence electrons. The Morgan fingerprint density at radius 3 is 2.48 bits per heavy atom. The maximum Gasteiger partial charge on any atom is 0.272 e. The van der Waals surface area contributed by atoms with Crippen LogP contribution in [0.4, 0.5) is 0 Å². The summed E-state index contributed by atoms with van der Waals surface area (Å²) in [7, 11) is 0. The molecule has 6 heteroatoms. The van der Waals surface area contributed by atoms with Gasteiger partial charge in [0.05, 0.1) is 34.1 Å². The second-order valence-electron chi connectivity index (χ2n) is 6.88. The molecule has 0 saturated heterocycles. The normalized spacial score (nSPS) is 11.2. The third-order valence-electron chi connectivity index (χ3n) is 4.87. The van der Waals surface area contributed by atoms with Crippen LogP contribution < -0.4 is 5.43 Å². The first-order valence-corrected chi connectivity index (χ1v) is 9.94. The van der Waals surface area contributed by atoms with Gasteiger partial charge in [0.25, 0.3) is 5.91 Å². The molecule has 0 atom stereocenters. The summed E-state index contributed by atoms with van der Waals surface area (Å²) in [5.41, 5.74) is 7.16. The zero-order chi connectivity index (χ0) is 21.8. The predicted octanol–water partition coefficient (Wildman–Crippen LogP) is 5.58. The topological polar surface area (TPSA) is 78.1 Å². The van der Waals surface area contributed by atoms with E-state index in [-0.39, 0.29) is 5.91 Å². The molecule has 1 aromatic heterocycles. The minimum absolute atomic E-state index is 0.347. The first-order chi connectivity index (χ1) is 15.1. The molecular weight excluding hydrogens is 408 g/mol. The zero-order valence-corrected chi connectivity index (χ0v) is 17.4. The summed E-state index contributed by atoms with van der Waals surface area (Å²) in [5.74, 6) is -0.347.